The molecule has 0 amide bonds. The fourth-order valence-electron chi connectivity index (χ4n) is 5.45. The van der Waals surface area contributed by atoms with Crippen LogP contribution >= 0.6 is 0 Å². The summed E-state index contributed by atoms with van der Waals surface area (Å²) in [4.78, 5) is 0. The Kier molecular flexibility index (Phi) is 8.73. The van der Waals surface area contributed by atoms with Gasteiger partial charge in [-0.2, -0.15) is 0 Å². The first kappa shape index (κ1) is 21.7. The van der Waals surface area contributed by atoms with Gasteiger partial charge in [0.1, 0.15) is 0 Å². The van der Waals surface area contributed by atoms with Crippen LogP contribution in [-0.2, 0) is 6.42 Å². The number of hydrogen-bond acceptors (Lipinski definition) is 0. The van der Waals surface area contributed by atoms with Gasteiger partial charge in [0.15, 0.2) is 17.5 Å². The van der Waals surface area contributed by atoms with Crippen LogP contribution in [-0.4, -0.2) is 0 Å². The van der Waals surface area contributed by atoms with Gasteiger partial charge in [0.25, 0.3) is 0 Å². The maximum atomic E-state index is 13.3. The van der Waals surface area contributed by atoms with Crippen molar-refractivity contribution < 1.29 is 13.2 Å². The van der Waals surface area contributed by atoms with Crippen LogP contribution in [0.3, 0.4) is 0 Å². The molecule has 3 rings (SSSR count). The second-order valence-electron chi connectivity index (χ2n) is 9.44. The molecule has 2 fully saturated rings. The van der Waals surface area contributed by atoms with Crippen LogP contribution in [0.1, 0.15) is 102 Å². The maximum Gasteiger partial charge on any atom is 0.194 e. The fourth-order valence-corrected chi connectivity index (χ4v) is 5.45. The Bertz CT molecular complexity index is 560. The van der Waals surface area contributed by atoms with E-state index in [2.05, 4.69) is 0 Å². The zero-order valence-corrected chi connectivity index (χ0v) is 17.3. The number of rotatable bonds is 10. The summed E-state index contributed by atoms with van der Waals surface area (Å²) in [6.07, 6.45) is 21.0. The molecule has 1 aromatic rings. The fraction of sp³-hybridized carbons (Fsp3) is 0.760. The molecule has 0 spiro atoms. The first-order valence-electron chi connectivity index (χ1n) is 11.7. The molecule has 2 aliphatic carbocycles. The molecule has 2 aliphatic rings. The van der Waals surface area contributed by atoms with E-state index in [1.165, 1.54) is 89.9 Å². The summed E-state index contributed by atoms with van der Waals surface area (Å²) in [5, 5.41) is 0. The number of benzene rings is 1. The second-order valence-corrected chi connectivity index (χ2v) is 9.44. The van der Waals surface area contributed by atoms with Crippen molar-refractivity contribution in [3.63, 3.8) is 0 Å². The van der Waals surface area contributed by atoms with Gasteiger partial charge in [0.2, 0.25) is 0 Å². The lowest BCUT2D eigenvalue weighted by Gasteiger charge is -2.28. The third-order valence-electron chi connectivity index (χ3n) is 7.30. The first-order valence-corrected chi connectivity index (χ1v) is 11.7. The van der Waals surface area contributed by atoms with Gasteiger partial charge in [-0.3, -0.25) is 0 Å². The molecule has 0 aromatic heterocycles. The predicted molar refractivity (Wildman–Crippen MR) is 110 cm³/mol. The molecule has 2 saturated carbocycles. The summed E-state index contributed by atoms with van der Waals surface area (Å²) in [5.74, 6) is -0.921. The Balaban J connectivity index is 1.23. The Hall–Kier alpha value is -0.990. The highest BCUT2D eigenvalue weighted by atomic mass is 19.2. The molecule has 0 bridgehead atoms. The van der Waals surface area contributed by atoms with Gasteiger partial charge in [0, 0.05) is 0 Å². The van der Waals surface area contributed by atoms with E-state index in [1.807, 2.05) is 0 Å². The van der Waals surface area contributed by atoms with Crippen LogP contribution in [0.15, 0.2) is 12.1 Å². The Morgan fingerprint density at radius 1 is 0.607 bits per heavy atom. The van der Waals surface area contributed by atoms with E-state index in [0.717, 1.165) is 30.4 Å². The van der Waals surface area contributed by atoms with Crippen molar-refractivity contribution >= 4 is 0 Å². The highest BCUT2D eigenvalue weighted by Gasteiger charge is 2.21. The topological polar surface area (TPSA) is 0 Å². The predicted octanol–water partition coefficient (Wildman–Crippen LogP) is 8.37. The molecular formula is C25H37F3. The lowest BCUT2D eigenvalue weighted by Crippen LogP contribution is -2.15. The van der Waals surface area contributed by atoms with Gasteiger partial charge in [-0.05, 0) is 48.3 Å². The van der Waals surface area contributed by atoms with Gasteiger partial charge in [-0.25, -0.2) is 13.2 Å². The molecule has 0 aliphatic heterocycles. The molecule has 0 radical (unpaired) electrons. The average molecular weight is 395 g/mol. The maximum absolute atomic E-state index is 13.3. The van der Waals surface area contributed by atoms with Crippen LogP contribution < -0.4 is 0 Å². The highest BCUT2D eigenvalue weighted by Crippen LogP contribution is 2.35. The lowest BCUT2D eigenvalue weighted by molar-refractivity contribution is 0.248. The van der Waals surface area contributed by atoms with Crippen molar-refractivity contribution in [2.75, 3.05) is 0 Å². The minimum Gasteiger partial charge on any atom is -0.204 e. The lowest BCUT2D eigenvalue weighted by atomic mass is 9.77. The first-order chi connectivity index (χ1) is 13.6. The Labute approximate surface area is 169 Å². The zero-order valence-electron chi connectivity index (χ0n) is 17.3. The molecule has 28 heavy (non-hydrogen) atoms. The van der Waals surface area contributed by atoms with Gasteiger partial charge in [0.05, 0.1) is 0 Å². The van der Waals surface area contributed by atoms with E-state index < -0.39 is 17.5 Å². The van der Waals surface area contributed by atoms with Gasteiger partial charge in [-0.15, -0.1) is 0 Å². The third kappa shape index (κ3) is 6.81. The number of unbranched alkanes of at least 4 members (excludes halogenated alkanes) is 3. The summed E-state index contributed by atoms with van der Waals surface area (Å²) in [7, 11) is 0. The number of halogens is 3. The quantitative estimate of drug-likeness (QED) is 0.276. The van der Waals surface area contributed by atoms with Gasteiger partial charge >= 0.3 is 0 Å². The van der Waals surface area contributed by atoms with Crippen LogP contribution in [0, 0.1) is 35.2 Å². The van der Waals surface area contributed by atoms with Gasteiger partial charge in [-0.1, -0.05) is 89.9 Å². The average Bonchev–Trinajstić information content (AvgIpc) is 3.21. The minimum atomic E-state index is -1.36. The second kappa shape index (κ2) is 11.3. The smallest absolute Gasteiger partial charge is 0.194 e. The normalized spacial score (nSPS) is 23.4. The largest absolute Gasteiger partial charge is 0.204 e. The molecule has 3 heteroatoms. The van der Waals surface area contributed by atoms with Crippen molar-refractivity contribution in [1.82, 2.24) is 0 Å². The summed E-state index contributed by atoms with van der Waals surface area (Å²) >= 11 is 0. The number of hydrogen-bond donors (Lipinski definition) is 0. The van der Waals surface area contributed by atoms with E-state index in [-0.39, 0.29) is 0 Å². The summed E-state index contributed by atoms with van der Waals surface area (Å²) in [6, 6.07) is 2.30. The minimum absolute atomic E-state index is 0.580. The number of aryl methyl sites for hydroxylation is 1. The third-order valence-corrected chi connectivity index (χ3v) is 7.30. The van der Waals surface area contributed by atoms with Crippen LogP contribution in [0.2, 0.25) is 0 Å². The Morgan fingerprint density at radius 3 is 1.61 bits per heavy atom. The summed E-state index contributed by atoms with van der Waals surface area (Å²) in [6.45, 7) is 0. The van der Waals surface area contributed by atoms with E-state index in [4.69, 9.17) is 0 Å². The highest BCUT2D eigenvalue weighted by molar-refractivity contribution is 5.19. The summed E-state index contributed by atoms with van der Waals surface area (Å²) in [5.41, 5.74) is 0.580. The summed E-state index contributed by atoms with van der Waals surface area (Å²) < 4.78 is 39.7. The van der Waals surface area contributed by atoms with Crippen molar-refractivity contribution in [1.29, 1.82) is 0 Å². The van der Waals surface area contributed by atoms with Crippen molar-refractivity contribution in [2.45, 2.75) is 103 Å². The van der Waals surface area contributed by atoms with Gasteiger partial charge < -0.3 is 0 Å². The van der Waals surface area contributed by atoms with E-state index in [1.54, 1.807) is 0 Å². The molecule has 0 nitrogen and oxygen atoms in total. The molecule has 0 N–H and O–H groups in total. The molecule has 0 atom stereocenters. The Morgan fingerprint density at radius 2 is 1.07 bits per heavy atom. The monoisotopic (exact) mass is 394 g/mol. The molecule has 0 saturated heterocycles. The van der Waals surface area contributed by atoms with Crippen LogP contribution in [0.25, 0.3) is 0 Å². The van der Waals surface area contributed by atoms with E-state index >= 15 is 0 Å². The van der Waals surface area contributed by atoms with Crippen LogP contribution in [0.5, 0.6) is 0 Å². The van der Waals surface area contributed by atoms with Crippen molar-refractivity contribution in [3.8, 4) is 0 Å². The molecule has 0 unspecified atom stereocenters. The van der Waals surface area contributed by atoms with E-state index in [0.29, 0.717) is 17.9 Å². The molecular weight excluding hydrogens is 357 g/mol. The van der Waals surface area contributed by atoms with Crippen molar-refractivity contribution in [2.24, 2.45) is 17.8 Å². The zero-order chi connectivity index (χ0) is 19.8. The van der Waals surface area contributed by atoms with Crippen molar-refractivity contribution in [3.05, 3.63) is 35.1 Å². The van der Waals surface area contributed by atoms with E-state index in [9.17, 15) is 13.2 Å². The molecule has 0 heterocycles. The van der Waals surface area contributed by atoms with Crippen LogP contribution in [0.4, 0.5) is 13.2 Å². The standard InChI is InChI=1S/C25H37F3/c26-23-17-22(18-24(27)25(23)28)16-15-21-13-11-20(12-14-21)8-4-2-1-3-7-19-9-5-6-10-19/h17-21H,1-16H2. The molecule has 158 valence electrons. The molecule has 1 aromatic carbocycles. The SMILES string of the molecule is Fc1cc(CCC2CCC(CCCCCCC3CCCC3)CC2)cc(F)c1F.